The molecular weight excluding hydrogens is 1290 g/mol. The lowest BCUT2D eigenvalue weighted by Gasteiger charge is -2.14. The molecule has 2 aliphatic rings. The van der Waals surface area contributed by atoms with Gasteiger partial charge in [0.05, 0.1) is 22.8 Å². The van der Waals surface area contributed by atoms with Gasteiger partial charge >= 0.3 is 0 Å². The number of aromatic amines is 2. The Bertz CT molecular complexity index is 5000. The van der Waals surface area contributed by atoms with Gasteiger partial charge in [0.2, 0.25) is 0 Å². The zero-order valence-electron chi connectivity index (χ0n) is 44.5. The SMILES string of the molecule is Brc1c2ccccc2cc2cccc(-c3c4nc(c(-c5cccc6cc7ccccc7c(Br)c56)c5ccc([nH]5)c(-c5cccc6cc7ccccc7c(Br)c56)c5nc(c(-c6cccc7cc8ccccc8c(Br)c67)c6ccc3[nH]6)C=C5)C=C4)c12. The highest BCUT2D eigenvalue weighted by atomic mass is 79.9. The Kier molecular flexibility index (Phi) is 11.5. The molecule has 394 valence electrons. The van der Waals surface area contributed by atoms with Crippen molar-refractivity contribution in [2.75, 3.05) is 0 Å². The molecular formula is C76H42Br4N4. The molecule has 8 bridgehead atoms. The van der Waals surface area contributed by atoms with Crippen LogP contribution in [0.4, 0.5) is 0 Å². The van der Waals surface area contributed by atoms with Crippen LogP contribution in [0.1, 0.15) is 22.8 Å². The number of halogens is 4. The van der Waals surface area contributed by atoms with Crippen LogP contribution >= 0.6 is 63.7 Å². The summed E-state index contributed by atoms with van der Waals surface area (Å²) in [7, 11) is 0. The monoisotopic (exact) mass is 1330 g/mol. The molecule has 2 N–H and O–H groups in total. The van der Waals surface area contributed by atoms with Crippen molar-refractivity contribution in [3.63, 3.8) is 0 Å². The summed E-state index contributed by atoms with van der Waals surface area (Å²) in [6.45, 7) is 0. The van der Waals surface area contributed by atoms with E-state index in [4.69, 9.17) is 9.97 Å². The molecule has 0 unspecified atom stereocenters. The van der Waals surface area contributed by atoms with E-state index in [0.29, 0.717) is 0 Å². The number of fused-ring (bicyclic) bond motifs is 16. The molecule has 12 aromatic carbocycles. The third kappa shape index (κ3) is 7.67. The van der Waals surface area contributed by atoms with Gasteiger partial charge in [-0.1, -0.05) is 170 Å². The van der Waals surface area contributed by atoms with Crippen LogP contribution in [0.2, 0.25) is 0 Å². The average molecular weight is 1330 g/mol. The van der Waals surface area contributed by atoms with E-state index in [1.807, 2.05) is 0 Å². The van der Waals surface area contributed by atoms with Gasteiger partial charge in [0.1, 0.15) is 0 Å². The predicted molar refractivity (Wildman–Crippen MR) is 371 cm³/mol. The minimum Gasteiger partial charge on any atom is -0.354 e. The number of rotatable bonds is 4. The number of benzene rings is 12. The second kappa shape index (κ2) is 19.4. The van der Waals surface area contributed by atoms with Crippen LogP contribution in [0.5, 0.6) is 0 Å². The molecule has 8 heteroatoms. The van der Waals surface area contributed by atoms with E-state index in [1.165, 1.54) is 21.5 Å². The summed E-state index contributed by atoms with van der Waals surface area (Å²) in [5, 5.41) is 18.2. The van der Waals surface area contributed by atoms with Crippen LogP contribution in [0.25, 0.3) is 177 Å². The Morgan fingerprint density at radius 3 is 0.714 bits per heavy atom. The summed E-state index contributed by atoms with van der Waals surface area (Å²) in [6.07, 6.45) is 8.81. The van der Waals surface area contributed by atoms with Crippen LogP contribution in [0.15, 0.2) is 236 Å². The second-order valence-corrected chi connectivity index (χ2v) is 24.9. The van der Waals surface area contributed by atoms with Crippen molar-refractivity contribution in [1.82, 2.24) is 19.9 Å². The van der Waals surface area contributed by atoms with Gasteiger partial charge in [-0.25, -0.2) is 9.97 Å². The molecule has 15 aromatic rings. The summed E-state index contributed by atoms with van der Waals surface area (Å²) in [4.78, 5) is 19.9. The number of hydrogen-bond donors (Lipinski definition) is 2. The zero-order valence-corrected chi connectivity index (χ0v) is 50.8. The van der Waals surface area contributed by atoms with E-state index in [9.17, 15) is 0 Å². The van der Waals surface area contributed by atoms with Crippen molar-refractivity contribution in [2.45, 2.75) is 0 Å². The lowest BCUT2D eigenvalue weighted by molar-refractivity contribution is 1.31. The van der Waals surface area contributed by atoms with Gasteiger partial charge in [-0.3, -0.25) is 0 Å². The first-order valence-corrected chi connectivity index (χ1v) is 31.1. The van der Waals surface area contributed by atoms with Crippen LogP contribution in [0.3, 0.4) is 0 Å². The minimum absolute atomic E-state index is 0.835. The van der Waals surface area contributed by atoms with E-state index in [-0.39, 0.29) is 0 Å². The van der Waals surface area contributed by atoms with Gasteiger partial charge in [0.25, 0.3) is 0 Å². The van der Waals surface area contributed by atoms with Gasteiger partial charge in [0, 0.05) is 83.8 Å². The van der Waals surface area contributed by atoms with Gasteiger partial charge in [-0.05, 0) is 223 Å². The topological polar surface area (TPSA) is 57.4 Å². The molecule has 5 heterocycles. The molecule has 0 fully saturated rings. The van der Waals surface area contributed by atoms with Crippen LogP contribution in [-0.2, 0) is 0 Å². The quantitative estimate of drug-likeness (QED) is 0.173. The Hall–Kier alpha value is -8.76. The van der Waals surface area contributed by atoms with Crippen LogP contribution < -0.4 is 0 Å². The standard InChI is InChI=1S/C76H42Br4N4/c77-73-49-21-5-1-13-41(49)37-45-17-9-25-53(65(45)73)69-57-29-31-59(81-57)70(54-26-10-18-46-38-42-14-2-6-22-50(42)74(78)66(46)54)61-33-35-63(83-61)72(56-28-12-20-48-40-44-16-4-8-24-52(44)76(80)68(48)56)64-36-34-62(84-64)71(60-32-30-58(69)82-60)55-27-11-19-47-39-43-15-3-7-23-51(43)75(79)67(47)55/h1-40,81,84H. The van der Waals surface area contributed by atoms with E-state index >= 15 is 0 Å². The third-order valence-corrected chi connectivity index (χ3v) is 20.4. The summed E-state index contributed by atoms with van der Waals surface area (Å²) in [5.41, 5.74) is 15.1. The maximum atomic E-state index is 5.87. The first-order valence-electron chi connectivity index (χ1n) is 27.9. The van der Waals surface area contributed by atoms with Crippen LogP contribution in [0, 0.1) is 0 Å². The highest BCUT2D eigenvalue weighted by Gasteiger charge is 2.25. The first-order chi connectivity index (χ1) is 41.3. The summed E-state index contributed by atoms with van der Waals surface area (Å²) in [5.74, 6) is 0. The van der Waals surface area contributed by atoms with Crippen molar-refractivity contribution in [1.29, 1.82) is 0 Å². The van der Waals surface area contributed by atoms with E-state index < -0.39 is 0 Å². The van der Waals surface area contributed by atoms with Gasteiger partial charge < -0.3 is 9.97 Å². The molecule has 0 saturated heterocycles. The molecule has 17 rings (SSSR count). The fourth-order valence-corrected chi connectivity index (χ4v) is 16.6. The molecule has 84 heavy (non-hydrogen) atoms. The minimum atomic E-state index is 0.835. The van der Waals surface area contributed by atoms with Crippen molar-refractivity contribution in [2.24, 2.45) is 0 Å². The molecule has 0 aliphatic carbocycles. The molecule has 2 aliphatic heterocycles. The maximum absolute atomic E-state index is 5.87. The number of nitrogens with one attached hydrogen (secondary N) is 2. The lowest BCUT2D eigenvalue weighted by Crippen LogP contribution is -1.92. The van der Waals surface area contributed by atoms with Crippen molar-refractivity contribution >= 4 is 196 Å². The van der Waals surface area contributed by atoms with Crippen molar-refractivity contribution < 1.29 is 0 Å². The lowest BCUT2D eigenvalue weighted by atomic mass is 9.94. The summed E-state index contributed by atoms with van der Waals surface area (Å²) in [6, 6.07) is 79.0. The average Bonchev–Trinajstić information content (AvgIpc) is 2.79. The van der Waals surface area contributed by atoms with E-state index in [2.05, 4.69) is 316 Å². The fourth-order valence-electron chi connectivity index (χ4n) is 13.4. The molecule has 0 saturated carbocycles. The van der Waals surface area contributed by atoms with Gasteiger partial charge in [0.15, 0.2) is 0 Å². The zero-order chi connectivity index (χ0) is 55.9. The van der Waals surface area contributed by atoms with Crippen molar-refractivity contribution in [3.8, 4) is 44.5 Å². The van der Waals surface area contributed by atoms with Gasteiger partial charge in [-0.15, -0.1) is 0 Å². The van der Waals surface area contributed by atoms with E-state index in [1.54, 1.807) is 0 Å². The number of H-pyrrole nitrogens is 2. The fraction of sp³-hybridized carbons (Fsp3) is 0. The Morgan fingerprint density at radius 2 is 0.464 bits per heavy atom. The second-order valence-electron chi connectivity index (χ2n) is 21.8. The Labute approximate surface area is 515 Å². The first kappa shape index (κ1) is 49.8. The molecule has 0 spiro atoms. The summed E-state index contributed by atoms with van der Waals surface area (Å²) >= 11 is 16.8. The highest BCUT2D eigenvalue weighted by Crippen LogP contribution is 2.48. The third-order valence-electron chi connectivity index (χ3n) is 17.1. The normalized spacial score (nSPS) is 12.4. The molecule has 0 atom stereocenters. The number of hydrogen-bond acceptors (Lipinski definition) is 2. The molecule has 0 amide bonds. The molecule has 0 radical (unpaired) electrons. The maximum Gasteiger partial charge on any atom is 0.0737 e. The predicted octanol–water partition coefficient (Wildman–Crippen LogP) is 23.6. The Morgan fingerprint density at radius 1 is 0.238 bits per heavy atom. The highest BCUT2D eigenvalue weighted by molar-refractivity contribution is 9.11. The smallest absolute Gasteiger partial charge is 0.0737 e. The Balaban J connectivity index is 1.07. The van der Waals surface area contributed by atoms with Crippen LogP contribution in [-0.4, -0.2) is 19.9 Å². The number of aromatic nitrogens is 4. The molecule has 3 aromatic heterocycles. The van der Waals surface area contributed by atoms with Gasteiger partial charge in [-0.2, -0.15) is 0 Å². The van der Waals surface area contributed by atoms with Crippen molar-refractivity contribution in [3.05, 3.63) is 259 Å². The summed E-state index contributed by atoms with van der Waals surface area (Å²) < 4.78 is 4.15. The largest absolute Gasteiger partial charge is 0.354 e. The number of nitrogens with zero attached hydrogens (tertiary/aromatic N) is 2. The van der Waals surface area contributed by atoms with E-state index in [0.717, 1.165) is 172 Å². The molecule has 4 nitrogen and oxygen atoms in total.